The number of rotatable bonds is 1. The molecule has 4 heteroatoms. The van der Waals surface area contributed by atoms with E-state index in [1.165, 1.54) is 0 Å². The second kappa shape index (κ2) is 3.31. The Balaban J connectivity index is 2.88. The van der Waals surface area contributed by atoms with Gasteiger partial charge in [0, 0.05) is 12.4 Å². The maximum Gasteiger partial charge on any atom is 0.138 e. The van der Waals surface area contributed by atoms with Crippen LogP contribution in [-0.4, -0.2) is 9.97 Å². The molecule has 0 aliphatic heterocycles. The normalized spacial score (nSPS) is 9.56. The van der Waals surface area contributed by atoms with Crippen LogP contribution >= 0.6 is 34.2 Å². The Bertz CT molecular complexity index is 187. The van der Waals surface area contributed by atoms with Crippen LogP contribution < -0.4 is 0 Å². The van der Waals surface area contributed by atoms with E-state index in [0.717, 1.165) is 10.3 Å². The molecule has 0 atom stereocenters. The molecule has 48 valence electrons. The van der Waals surface area contributed by atoms with Crippen molar-refractivity contribution in [3.63, 3.8) is 0 Å². The van der Waals surface area contributed by atoms with Crippen LogP contribution in [0.1, 0.15) is 5.82 Å². The zero-order valence-corrected chi connectivity index (χ0v) is 7.43. The Hall–Kier alpha value is 0.1000. The largest absolute Gasteiger partial charge is 0.239 e. The monoisotopic (exact) mass is 254 g/mol. The van der Waals surface area contributed by atoms with Crippen molar-refractivity contribution in [3.05, 3.63) is 23.2 Å². The molecule has 9 heavy (non-hydrogen) atoms. The molecule has 1 heterocycles. The smallest absolute Gasteiger partial charge is 0.138 e. The van der Waals surface area contributed by atoms with E-state index in [-0.39, 0.29) is 0 Å². The van der Waals surface area contributed by atoms with Crippen LogP contribution in [0.2, 0.25) is 5.02 Å². The van der Waals surface area contributed by atoms with Crippen molar-refractivity contribution >= 4 is 34.2 Å². The molecular formula is C5H4ClIN2. The van der Waals surface area contributed by atoms with Gasteiger partial charge in [-0.1, -0.05) is 34.2 Å². The maximum atomic E-state index is 5.54. The summed E-state index contributed by atoms with van der Waals surface area (Å²) in [6.07, 6.45) is 3.20. The lowest BCUT2D eigenvalue weighted by molar-refractivity contribution is 1.05. The number of nitrogens with zero attached hydrogens (tertiary/aromatic N) is 2. The van der Waals surface area contributed by atoms with Crippen LogP contribution in [0.5, 0.6) is 0 Å². The summed E-state index contributed by atoms with van der Waals surface area (Å²) in [5.41, 5.74) is 0. The molecule has 0 saturated heterocycles. The number of halogens is 2. The van der Waals surface area contributed by atoms with E-state index in [2.05, 4.69) is 32.6 Å². The molecule has 0 aliphatic carbocycles. The van der Waals surface area contributed by atoms with Crippen molar-refractivity contribution < 1.29 is 0 Å². The van der Waals surface area contributed by atoms with Gasteiger partial charge in [0.25, 0.3) is 0 Å². The molecule has 0 amide bonds. The van der Waals surface area contributed by atoms with Gasteiger partial charge in [0.15, 0.2) is 0 Å². The zero-order valence-electron chi connectivity index (χ0n) is 4.51. The molecular weight excluding hydrogens is 250 g/mol. The number of hydrogen-bond acceptors (Lipinski definition) is 2. The molecule has 2 nitrogen and oxygen atoms in total. The fourth-order valence-corrected chi connectivity index (χ4v) is 0.900. The molecule has 1 aromatic rings. The molecule has 0 N–H and O–H groups in total. The topological polar surface area (TPSA) is 25.8 Å². The molecule has 0 unspecified atom stereocenters. The minimum absolute atomic E-state index is 0.587. The highest BCUT2D eigenvalue weighted by molar-refractivity contribution is 14.1. The van der Waals surface area contributed by atoms with Crippen molar-refractivity contribution in [2.75, 3.05) is 0 Å². The van der Waals surface area contributed by atoms with Crippen LogP contribution in [0.15, 0.2) is 12.4 Å². The fourth-order valence-electron chi connectivity index (χ4n) is 0.408. The number of aromatic nitrogens is 2. The minimum atomic E-state index is 0.587. The average molecular weight is 254 g/mol. The Morgan fingerprint density at radius 1 is 1.44 bits per heavy atom. The van der Waals surface area contributed by atoms with Crippen molar-refractivity contribution in [1.29, 1.82) is 0 Å². The fraction of sp³-hybridized carbons (Fsp3) is 0.200. The van der Waals surface area contributed by atoms with Crippen molar-refractivity contribution in [3.8, 4) is 0 Å². The van der Waals surface area contributed by atoms with Gasteiger partial charge in [0.2, 0.25) is 0 Å². The van der Waals surface area contributed by atoms with Gasteiger partial charge in [-0.05, 0) is 0 Å². The third-order valence-corrected chi connectivity index (χ3v) is 1.67. The summed E-state index contributed by atoms with van der Waals surface area (Å²) >= 11 is 7.74. The molecule has 0 spiro atoms. The van der Waals surface area contributed by atoms with Gasteiger partial charge < -0.3 is 0 Å². The van der Waals surface area contributed by atoms with Gasteiger partial charge in [-0.3, -0.25) is 0 Å². The van der Waals surface area contributed by atoms with E-state index >= 15 is 0 Å². The van der Waals surface area contributed by atoms with Crippen LogP contribution in [-0.2, 0) is 4.43 Å². The van der Waals surface area contributed by atoms with Crippen LogP contribution in [0.3, 0.4) is 0 Å². The SMILES string of the molecule is Clc1cnc(CI)nc1. The Morgan fingerprint density at radius 2 is 2.00 bits per heavy atom. The first kappa shape index (κ1) is 7.21. The van der Waals surface area contributed by atoms with E-state index in [1.807, 2.05) is 0 Å². The van der Waals surface area contributed by atoms with E-state index < -0.39 is 0 Å². The van der Waals surface area contributed by atoms with Gasteiger partial charge in [-0.25, -0.2) is 9.97 Å². The van der Waals surface area contributed by atoms with E-state index in [4.69, 9.17) is 11.6 Å². The molecule has 0 aliphatic rings. The molecule has 1 aromatic heterocycles. The number of hydrogen-bond donors (Lipinski definition) is 0. The van der Waals surface area contributed by atoms with Gasteiger partial charge in [0.1, 0.15) is 5.82 Å². The first-order valence-corrected chi connectivity index (χ1v) is 4.25. The lowest BCUT2D eigenvalue weighted by Crippen LogP contribution is -1.87. The summed E-state index contributed by atoms with van der Waals surface area (Å²) in [6, 6.07) is 0. The molecule has 0 bridgehead atoms. The predicted octanol–water partition coefficient (Wildman–Crippen LogP) is 2.06. The summed E-state index contributed by atoms with van der Waals surface area (Å²) in [4.78, 5) is 7.89. The Morgan fingerprint density at radius 3 is 2.44 bits per heavy atom. The summed E-state index contributed by atoms with van der Waals surface area (Å²) in [6.45, 7) is 0. The van der Waals surface area contributed by atoms with Crippen LogP contribution in [0.25, 0.3) is 0 Å². The lowest BCUT2D eigenvalue weighted by Gasteiger charge is -1.90. The molecule has 0 radical (unpaired) electrons. The predicted molar refractivity (Wildman–Crippen MR) is 44.8 cm³/mol. The second-order valence-electron chi connectivity index (χ2n) is 1.45. The zero-order chi connectivity index (χ0) is 6.69. The standard InChI is InChI=1S/C5H4ClIN2/c6-4-2-8-5(1-7)9-3-4/h2-3H,1H2. The summed E-state index contributed by atoms with van der Waals surface area (Å²) < 4.78 is 0.828. The lowest BCUT2D eigenvalue weighted by atomic mass is 10.6. The molecule has 0 aromatic carbocycles. The Kier molecular flexibility index (Phi) is 2.65. The maximum absolute atomic E-state index is 5.54. The highest BCUT2D eigenvalue weighted by Crippen LogP contribution is 2.04. The van der Waals surface area contributed by atoms with E-state index in [9.17, 15) is 0 Å². The van der Waals surface area contributed by atoms with Crippen molar-refractivity contribution in [1.82, 2.24) is 9.97 Å². The highest BCUT2D eigenvalue weighted by Gasteiger charge is 1.90. The van der Waals surface area contributed by atoms with Crippen molar-refractivity contribution in [2.45, 2.75) is 4.43 Å². The van der Waals surface area contributed by atoms with Gasteiger partial charge in [-0.2, -0.15) is 0 Å². The first-order chi connectivity index (χ1) is 4.33. The van der Waals surface area contributed by atoms with Crippen LogP contribution in [0, 0.1) is 0 Å². The van der Waals surface area contributed by atoms with E-state index in [1.54, 1.807) is 12.4 Å². The average Bonchev–Trinajstić information content (AvgIpc) is 1.90. The molecule has 1 rings (SSSR count). The van der Waals surface area contributed by atoms with Gasteiger partial charge >= 0.3 is 0 Å². The highest BCUT2D eigenvalue weighted by atomic mass is 127. The summed E-state index contributed by atoms with van der Waals surface area (Å²) in [7, 11) is 0. The third kappa shape index (κ3) is 2.06. The summed E-state index contributed by atoms with van der Waals surface area (Å²) in [5, 5.41) is 0.587. The minimum Gasteiger partial charge on any atom is -0.239 e. The number of alkyl halides is 1. The third-order valence-electron chi connectivity index (χ3n) is 0.793. The van der Waals surface area contributed by atoms with Crippen LogP contribution in [0.4, 0.5) is 0 Å². The van der Waals surface area contributed by atoms with Crippen molar-refractivity contribution in [2.24, 2.45) is 0 Å². The summed E-state index contributed by atoms with van der Waals surface area (Å²) in [5.74, 6) is 0.819. The molecule has 0 saturated carbocycles. The van der Waals surface area contributed by atoms with Gasteiger partial charge in [0.05, 0.1) is 9.45 Å². The van der Waals surface area contributed by atoms with Gasteiger partial charge in [-0.15, -0.1) is 0 Å². The first-order valence-electron chi connectivity index (χ1n) is 2.35. The second-order valence-corrected chi connectivity index (χ2v) is 2.65. The van der Waals surface area contributed by atoms with E-state index in [0.29, 0.717) is 5.02 Å². The molecule has 0 fully saturated rings. The Labute approximate surface area is 71.8 Å². The quantitative estimate of drug-likeness (QED) is 0.566.